The zero-order chi connectivity index (χ0) is 17.0. The summed E-state index contributed by atoms with van der Waals surface area (Å²) in [5, 5.41) is 6.41. The third-order valence-electron chi connectivity index (χ3n) is 4.79. The molecule has 0 radical (unpaired) electrons. The van der Waals surface area contributed by atoms with Crippen LogP contribution in [0.25, 0.3) is 0 Å². The van der Waals surface area contributed by atoms with Crippen LogP contribution >= 0.6 is 0 Å². The van der Waals surface area contributed by atoms with Crippen LogP contribution in [-0.4, -0.2) is 42.5 Å². The molecular weight excluding hydrogens is 286 g/mol. The van der Waals surface area contributed by atoms with Crippen LogP contribution in [-0.2, 0) is 11.3 Å². The first kappa shape index (κ1) is 18.0. The van der Waals surface area contributed by atoms with E-state index in [9.17, 15) is 4.79 Å². The van der Waals surface area contributed by atoms with Gasteiger partial charge in [0.25, 0.3) is 0 Å². The Balaban J connectivity index is 1.92. The predicted molar refractivity (Wildman–Crippen MR) is 95.5 cm³/mol. The summed E-state index contributed by atoms with van der Waals surface area (Å²) in [5.41, 5.74) is 2.68. The van der Waals surface area contributed by atoms with Crippen LogP contribution in [0.1, 0.15) is 51.2 Å². The minimum absolute atomic E-state index is 0.0131. The maximum Gasteiger partial charge on any atom is 0.237 e. The van der Waals surface area contributed by atoms with Gasteiger partial charge in [-0.25, -0.2) is 0 Å². The van der Waals surface area contributed by atoms with E-state index in [-0.39, 0.29) is 11.9 Å². The molecule has 2 N–H and O–H groups in total. The zero-order valence-corrected chi connectivity index (χ0v) is 15.1. The normalized spacial score (nSPS) is 22.0. The van der Waals surface area contributed by atoms with E-state index in [2.05, 4.69) is 67.5 Å². The molecule has 23 heavy (non-hydrogen) atoms. The molecule has 1 heterocycles. The molecule has 2 rings (SSSR count). The summed E-state index contributed by atoms with van der Waals surface area (Å²) in [6.45, 7) is 10.5. The number of likely N-dealkylation sites (tertiary alicyclic amines) is 1. The van der Waals surface area contributed by atoms with Crippen molar-refractivity contribution in [1.82, 2.24) is 15.5 Å². The molecule has 0 saturated carbocycles. The van der Waals surface area contributed by atoms with Gasteiger partial charge in [-0.15, -0.1) is 0 Å². The minimum atomic E-state index is -0.0131. The molecular formula is C19H31N3O. The molecule has 2 atom stereocenters. The van der Waals surface area contributed by atoms with Crippen molar-refractivity contribution >= 4 is 5.91 Å². The molecule has 4 heteroatoms. The number of benzene rings is 1. The lowest BCUT2D eigenvalue weighted by Crippen LogP contribution is -2.45. The van der Waals surface area contributed by atoms with Gasteiger partial charge in [0.1, 0.15) is 0 Å². The molecule has 1 saturated heterocycles. The smallest absolute Gasteiger partial charge is 0.237 e. The second-order valence-electron chi connectivity index (χ2n) is 7.13. The summed E-state index contributed by atoms with van der Waals surface area (Å²) in [7, 11) is 1.72. The fraction of sp³-hybridized carbons (Fsp3) is 0.632. The average molecular weight is 317 g/mol. The van der Waals surface area contributed by atoms with Crippen molar-refractivity contribution in [2.75, 3.05) is 13.6 Å². The Hall–Kier alpha value is -1.39. The zero-order valence-electron chi connectivity index (χ0n) is 15.1. The molecule has 0 bridgehead atoms. The Kier molecular flexibility index (Phi) is 6.19. The fourth-order valence-corrected chi connectivity index (χ4v) is 3.29. The Morgan fingerprint density at radius 1 is 1.22 bits per heavy atom. The van der Waals surface area contributed by atoms with E-state index in [0.29, 0.717) is 18.0 Å². The minimum Gasteiger partial charge on any atom is -0.358 e. The van der Waals surface area contributed by atoms with Gasteiger partial charge in [0.15, 0.2) is 0 Å². The molecule has 128 valence electrons. The van der Waals surface area contributed by atoms with Crippen molar-refractivity contribution in [3.63, 3.8) is 0 Å². The lowest BCUT2D eigenvalue weighted by Gasteiger charge is -2.26. The number of amides is 1. The summed E-state index contributed by atoms with van der Waals surface area (Å²) in [6.07, 6.45) is 0.877. The Morgan fingerprint density at radius 3 is 2.39 bits per heavy atom. The van der Waals surface area contributed by atoms with Crippen LogP contribution in [0.5, 0.6) is 0 Å². The van der Waals surface area contributed by atoms with Gasteiger partial charge in [-0.1, -0.05) is 38.1 Å². The van der Waals surface area contributed by atoms with Crippen LogP contribution in [0.3, 0.4) is 0 Å². The first-order valence-corrected chi connectivity index (χ1v) is 8.72. The van der Waals surface area contributed by atoms with Gasteiger partial charge < -0.3 is 10.6 Å². The Labute approximate surface area is 140 Å². The highest BCUT2D eigenvalue weighted by Gasteiger charge is 2.37. The van der Waals surface area contributed by atoms with Crippen molar-refractivity contribution in [2.45, 2.75) is 64.7 Å². The molecule has 1 amide bonds. The number of hydrogen-bond acceptors (Lipinski definition) is 3. The Bertz CT molecular complexity index is 510. The van der Waals surface area contributed by atoms with Gasteiger partial charge in [-0.05, 0) is 37.3 Å². The van der Waals surface area contributed by atoms with E-state index < -0.39 is 0 Å². The van der Waals surface area contributed by atoms with E-state index >= 15 is 0 Å². The first-order valence-electron chi connectivity index (χ1n) is 8.72. The SMILES string of the molecule is CNC(=O)[C@@H]1C[C@H](NCc2ccc(C(C)C)cc2)CN1C(C)C. The number of nitrogens with one attached hydrogen (secondary N) is 2. The van der Waals surface area contributed by atoms with Gasteiger partial charge in [0, 0.05) is 32.2 Å². The maximum atomic E-state index is 12.1. The van der Waals surface area contributed by atoms with Gasteiger partial charge in [0.05, 0.1) is 6.04 Å². The van der Waals surface area contributed by atoms with E-state index in [0.717, 1.165) is 19.5 Å². The number of rotatable bonds is 6. The molecule has 0 aromatic heterocycles. The number of likely N-dealkylation sites (N-methyl/N-ethyl adjacent to an activating group) is 1. The maximum absolute atomic E-state index is 12.1. The summed E-state index contributed by atoms with van der Waals surface area (Å²) in [4.78, 5) is 14.4. The van der Waals surface area contributed by atoms with Crippen molar-refractivity contribution < 1.29 is 4.79 Å². The summed E-state index contributed by atoms with van der Waals surface area (Å²) >= 11 is 0. The lowest BCUT2D eigenvalue weighted by atomic mass is 10.0. The summed E-state index contributed by atoms with van der Waals surface area (Å²) < 4.78 is 0. The van der Waals surface area contributed by atoms with Crippen LogP contribution < -0.4 is 10.6 Å². The van der Waals surface area contributed by atoms with E-state index in [4.69, 9.17) is 0 Å². The van der Waals surface area contributed by atoms with Crippen molar-refractivity contribution in [3.05, 3.63) is 35.4 Å². The second kappa shape index (κ2) is 7.93. The molecule has 1 fully saturated rings. The van der Waals surface area contributed by atoms with E-state index in [1.165, 1.54) is 11.1 Å². The first-order chi connectivity index (χ1) is 10.9. The van der Waals surface area contributed by atoms with Crippen molar-refractivity contribution in [1.29, 1.82) is 0 Å². The highest BCUT2D eigenvalue weighted by Crippen LogP contribution is 2.21. The second-order valence-corrected chi connectivity index (χ2v) is 7.13. The molecule has 0 spiro atoms. The van der Waals surface area contributed by atoms with Gasteiger partial charge in [-0.3, -0.25) is 9.69 Å². The molecule has 0 unspecified atom stereocenters. The summed E-state index contributed by atoms with van der Waals surface area (Å²) in [5.74, 6) is 0.698. The third-order valence-corrected chi connectivity index (χ3v) is 4.79. The fourth-order valence-electron chi connectivity index (χ4n) is 3.29. The molecule has 1 aromatic rings. The van der Waals surface area contributed by atoms with Crippen LogP contribution in [0.2, 0.25) is 0 Å². The number of hydrogen-bond donors (Lipinski definition) is 2. The average Bonchev–Trinajstić information content (AvgIpc) is 2.97. The van der Waals surface area contributed by atoms with Crippen LogP contribution in [0, 0.1) is 0 Å². The molecule has 0 aliphatic carbocycles. The van der Waals surface area contributed by atoms with Crippen molar-refractivity contribution in [2.24, 2.45) is 0 Å². The number of carbonyl (C=O) groups excluding carboxylic acids is 1. The number of carbonyl (C=O) groups is 1. The predicted octanol–water partition coefficient (Wildman–Crippen LogP) is 2.50. The standard InChI is InChI=1S/C19H31N3O/c1-13(2)16-8-6-15(7-9-16)11-21-17-10-18(19(23)20-5)22(12-17)14(3)4/h6-9,13-14,17-18,21H,10-12H2,1-5H3,(H,20,23)/t17-,18-/m0/s1. The lowest BCUT2D eigenvalue weighted by molar-refractivity contribution is -0.125. The van der Waals surface area contributed by atoms with Gasteiger partial charge in [-0.2, -0.15) is 0 Å². The van der Waals surface area contributed by atoms with Gasteiger partial charge >= 0.3 is 0 Å². The van der Waals surface area contributed by atoms with Crippen LogP contribution in [0.15, 0.2) is 24.3 Å². The third kappa shape index (κ3) is 4.55. The summed E-state index contributed by atoms with van der Waals surface area (Å²) in [6, 6.07) is 9.56. The Morgan fingerprint density at radius 2 is 1.87 bits per heavy atom. The monoisotopic (exact) mass is 317 g/mol. The van der Waals surface area contributed by atoms with E-state index in [1.807, 2.05) is 0 Å². The number of nitrogens with zero attached hydrogens (tertiary/aromatic N) is 1. The van der Waals surface area contributed by atoms with Crippen molar-refractivity contribution in [3.8, 4) is 0 Å². The molecule has 1 aliphatic rings. The van der Waals surface area contributed by atoms with Crippen LogP contribution in [0.4, 0.5) is 0 Å². The molecule has 1 aromatic carbocycles. The molecule has 4 nitrogen and oxygen atoms in total. The van der Waals surface area contributed by atoms with Gasteiger partial charge in [0.2, 0.25) is 5.91 Å². The topological polar surface area (TPSA) is 44.4 Å². The van der Waals surface area contributed by atoms with E-state index in [1.54, 1.807) is 7.05 Å². The quantitative estimate of drug-likeness (QED) is 0.847. The molecule has 1 aliphatic heterocycles. The largest absolute Gasteiger partial charge is 0.358 e. The highest BCUT2D eigenvalue weighted by molar-refractivity contribution is 5.81. The highest BCUT2D eigenvalue weighted by atomic mass is 16.2.